The molecule has 1 saturated carbocycles. The van der Waals surface area contributed by atoms with Crippen molar-refractivity contribution in [2.24, 2.45) is 5.41 Å². The summed E-state index contributed by atoms with van der Waals surface area (Å²) >= 11 is 0. The molecular formula is C32H32FN5O3. The van der Waals surface area contributed by atoms with E-state index in [9.17, 15) is 18.8 Å². The third kappa shape index (κ3) is 4.94. The summed E-state index contributed by atoms with van der Waals surface area (Å²) in [6.45, 7) is 7.29. The van der Waals surface area contributed by atoms with Crippen molar-refractivity contribution in [2.45, 2.75) is 72.0 Å². The van der Waals surface area contributed by atoms with E-state index in [1.165, 1.54) is 19.1 Å². The van der Waals surface area contributed by atoms with Gasteiger partial charge in [0, 0.05) is 42.7 Å². The van der Waals surface area contributed by atoms with Gasteiger partial charge in [-0.1, -0.05) is 19.1 Å². The van der Waals surface area contributed by atoms with Crippen molar-refractivity contribution in [1.82, 2.24) is 24.6 Å². The fourth-order valence-corrected chi connectivity index (χ4v) is 6.32. The highest BCUT2D eigenvalue weighted by molar-refractivity contribution is 6.07. The molecule has 9 heteroatoms. The Labute approximate surface area is 237 Å². The second-order valence-corrected chi connectivity index (χ2v) is 11.8. The number of carbonyl (C=O) groups excluding carboxylic acids is 3. The highest BCUT2D eigenvalue weighted by Gasteiger charge is 2.64. The summed E-state index contributed by atoms with van der Waals surface area (Å²) in [4.78, 5) is 50.2. The first-order valence-electron chi connectivity index (χ1n) is 13.9. The van der Waals surface area contributed by atoms with E-state index < -0.39 is 6.04 Å². The average Bonchev–Trinajstić information content (AvgIpc) is 3.29. The maximum atomic E-state index is 13.8. The molecule has 1 aliphatic carbocycles. The number of benzene rings is 2. The van der Waals surface area contributed by atoms with Gasteiger partial charge in [0.1, 0.15) is 23.9 Å². The van der Waals surface area contributed by atoms with Gasteiger partial charge in [0.2, 0.25) is 5.91 Å². The van der Waals surface area contributed by atoms with Crippen molar-refractivity contribution in [3.63, 3.8) is 0 Å². The predicted molar refractivity (Wildman–Crippen MR) is 152 cm³/mol. The quantitative estimate of drug-likeness (QED) is 0.284. The second-order valence-electron chi connectivity index (χ2n) is 11.8. The molecule has 2 aromatic heterocycles. The number of halogens is 1. The summed E-state index contributed by atoms with van der Waals surface area (Å²) in [5, 5.41) is 5.26. The smallest absolute Gasteiger partial charge is 0.245 e. The van der Waals surface area contributed by atoms with Crippen molar-refractivity contribution in [1.29, 1.82) is 0 Å². The van der Waals surface area contributed by atoms with Crippen LogP contribution in [0.4, 0.5) is 4.39 Å². The zero-order valence-corrected chi connectivity index (χ0v) is 23.6. The summed E-state index contributed by atoms with van der Waals surface area (Å²) < 4.78 is 14.9. The predicted octanol–water partition coefficient (Wildman–Crippen LogP) is 5.03. The van der Waals surface area contributed by atoms with Crippen molar-refractivity contribution in [3.05, 3.63) is 77.3 Å². The zero-order chi connectivity index (χ0) is 29.1. The standard InChI is InChI=1S/C32H32FN5O3/c1-18-11-22(23-15-34-20(3)35-16-23)12-25-30(19(2)39)36-37(31(18)25)17-29(41)38-26(13-32(4)14-28(32)38)27(40)10-7-21-5-8-24(33)9-6-21/h5-6,8-9,11-12,15-16,26,28H,7,10,13-14,17H2,1-4H3/t26-,28+,32-/m0/s1. The second kappa shape index (κ2) is 9.98. The Morgan fingerprint density at radius 3 is 2.41 bits per heavy atom. The molecule has 210 valence electrons. The van der Waals surface area contributed by atoms with Crippen LogP contribution in [0.2, 0.25) is 0 Å². The summed E-state index contributed by atoms with van der Waals surface area (Å²) in [7, 11) is 0. The summed E-state index contributed by atoms with van der Waals surface area (Å²) in [5.74, 6) is 0.0135. The number of aromatic nitrogens is 4. The number of amides is 1. The lowest BCUT2D eigenvalue weighted by atomic mass is 9.96. The molecule has 2 aromatic carbocycles. The maximum absolute atomic E-state index is 13.8. The minimum atomic E-state index is -0.491. The number of nitrogens with zero attached hydrogens (tertiary/aromatic N) is 5. The molecule has 6 rings (SSSR count). The van der Waals surface area contributed by atoms with Crippen LogP contribution in [0, 0.1) is 25.1 Å². The first-order chi connectivity index (χ1) is 19.5. The van der Waals surface area contributed by atoms with Crippen molar-refractivity contribution < 1.29 is 18.8 Å². The molecule has 3 atom stereocenters. The Morgan fingerprint density at radius 1 is 1.02 bits per heavy atom. The molecule has 0 unspecified atom stereocenters. The van der Waals surface area contributed by atoms with Gasteiger partial charge in [0.15, 0.2) is 11.6 Å². The zero-order valence-electron chi connectivity index (χ0n) is 23.6. The number of likely N-dealkylation sites (tertiary alicyclic amines) is 1. The molecule has 2 fully saturated rings. The first kappa shape index (κ1) is 26.9. The van der Waals surface area contributed by atoms with Crippen LogP contribution < -0.4 is 0 Å². The lowest BCUT2D eigenvalue weighted by molar-refractivity contribution is -0.139. The van der Waals surface area contributed by atoms with Gasteiger partial charge in [-0.05, 0) is 79.5 Å². The van der Waals surface area contributed by atoms with Gasteiger partial charge < -0.3 is 4.90 Å². The van der Waals surface area contributed by atoms with E-state index in [0.29, 0.717) is 29.7 Å². The summed E-state index contributed by atoms with van der Waals surface area (Å²) in [5.41, 5.74) is 4.42. The number of hydrogen-bond donors (Lipinski definition) is 0. The lowest BCUT2D eigenvalue weighted by Crippen LogP contribution is -2.44. The van der Waals surface area contributed by atoms with Gasteiger partial charge in [-0.15, -0.1) is 0 Å². The van der Waals surface area contributed by atoms with Crippen LogP contribution in [0.3, 0.4) is 0 Å². The van der Waals surface area contributed by atoms with Crippen LogP contribution in [0.25, 0.3) is 22.0 Å². The normalized spacial score (nSPS) is 21.2. The van der Waals surface area contributed by atoms with Gasteiger partial charge in [-0.3, -0.25) is 19.1 Å². The molecule has 1 amide bonds. The van der Waals surface area contributed by atoms with Gasteiger partial charge in [0.05, 0.1) is 11.6 Å². The fraction of sp³-hybridized carbons (Fsp3) is 0.375. The third-order valence-corrected chi connectivity index (χ3v) is 8.64. The van der Waals surface area contributed by atoms with Crippen LogP contribution >= 0.6 is 0 Å². The number of Topliss-reactive ketones (excluding diaryl/α,β-unsaturated/α-hetero) is 2. The van der Waals surface area contributed by atoms with Gasteiger partial charge in [0.25, 0.3) is 0 Å². The van der Waals surface area contributed by atoms with E-state index in [1.807, 2.05) is 26.0 Å². The fourth-order valence-electron chi connectivity index (χ4n) is 6.32. The molecule has 0 spiro atoms. The minimum Gasteiger partial charge on any atom is -0.327 e. The molecule has 0 N–H and O–H groups in total. The average molecular weight is 554 g/mol. The number of aryl methyl sites for hydroxylation is 3. The number of ketones is 2. The number of rotatable bonds is 8. The summed E-state index contributed by atoms with van der Waals surface area (Å²) in [6.07, 6.45) is 5.80. The molecule has 2 aliphatic rings. The molecule has 0 radical (unpaired) electrons. The van der Waals surface area contributed by atoms with Crippen LogP contribution in [0.15, 0.2) is 48.8 Å². The first-order valence-corrected chi connectivity index (χ1v) is 13.9. The number of fused-ring (bicyclic) bond motifs is 2. The Morgan fingerprint density at radius 2 is 1.73 bits per heavy atom. The van der Waals surface area contributed by atoms with Gasteiger partial charge >= 0.3 is 0 Å². The van der Waals surface area contributed by atoms with Crippen molar-refractivity contribution in [3.8, 4) is 11.1 Å². The molecule has 4 aromatic rings. The van der Waals surface area contributed by atoms with Crippen LogP contribution in [-0.2, 0) is 22.6 Å². The lowest BCUT2D eigenvalue weighted by Gasteiger charge is -2.27. The van der Waals surface area contributed by atoms with Crippen LogP contribution in [0.5, 0.6) is 0 Å². The maximum Gasteiger partial charge on any atom is 0.245 e. The molecule has 0 bridgehead atoms. The Kier molecular flexibility index (Phi) is 6.55. The Hall–Kier alpha value is -4.27. The minimum absolute atomic E-state index is 0.0204. The van der Waals surface area contributed by atoms with E-state index in [-0.39, 0.29) is 47.7 Å². The largest absolute Gasteiger partial charge is 0.327 e. The topological polar surface area (TPSA) is 98.1 Å². The van der Waals surface area contributed by atoms with E-state index in [1.54, 1.807) is 34.1 Å². The van der Waals surface area contributed by atoms with Crippen LogP contribution in [0.1, 0.15) is 60.5 Å². The molecular weight excluding hydrogens is 521 g/mol. The van der Waals surface area contributed by atoms with Crippen molar-refractivity contribution in [2.75, 3.05) is 0 Å². The monoisotopic (exact) mass is 553 g/mol. The van der Waals surface area contributed by atoms with Gasteiger partial charge in [-0.2, -0.15) is 5.10 Å². The van der Waals surface area contributed by atoms with E-state index in [2.05, 4.69) is 22.0 Å². The number of carbonyl (C=O) groups is 3. The summed E-state index contributed by atoms with van der Waals surface area (Å²) in [6, 6.07) is 9.58. The molecule has 1 saturated heterocycles. The van der Waals surface area contributed by atoms with Gasteiger partial charge in [-0.25, -0.2) is 14.4 Å². The van der Waals surface area contributed by atoms with Crippen LogP contribution in [-0.4, -0.2) is 54.2 Å². The Balaban J connectivity index is 1.27. The Bertz CT molecular complexity index is 1700. The van der Waals surface area contributed by atoms with E-state index in [0.717, 1.165) is 34.2 Å². The highest BCUT2D eigenvalue weighted by Crippen LogP contribution is 2.59. The van der Waals surface area contributed by atoms with E-state index >= 15 is 0 Å². The number of piperidine rings is 1. The van der Waals surface area contributed by atoms with Crippen molar-refractivity contribution >= 4 is 28.4 Å². The SMILES string of the molecule is CC(=O)c1nn(CC(=O)N2[C@H](C(=O)CCc3ccc(F)cc3)C[C@@]3(C)C[C@@H]23)c2c(C)cc(-c3cnc(C)nc3)cc12. The number of hydrogen-bond acceptors (Lipinski definition) is 6. The van der Waals surface area contributed by atoms with E-state index in [4.69, 9.17) is 0 Å². The molecule has 1 aliphatic heterocycles. The third-order valence-electron chi connectivity index (χ3n) is 8.64. The molecule has 3 heterocycles. The molecule has 8 nitrogen and oxygen atoms in total. The highest BCUT2D eigenvalue weighted by atomic mass is 19.1. The molecule has 41 heavy (non-hydrogen) atoms.